The number of imidazole rings is 1. The van der Waals surface area contributed by atoms with Gasteiger partial charge in [-0.05, 0) is 57.2 Å². The van der Waals surface area contributed by atoms with Crippen molar-refractivity contribution in [2.75, 3.05) is 6.61 Å². The zero-order chi connectivity index (χ0) is 26.2. The SMILES string of the molecule is CC(C)Oc1ccc(C(C)CCCCO)cc1Cl.Cc1ccc(-c2cn(C)c(C(C)(C)C)n2)cc1. The summed E-state index contributed by atoms with van der Waals surface area (Å²) in [5.74, 6) is 2.33. The van der Waals surface area contributed by atoms with Crippen molar-refractivity contribution in [3.63, 3.8) is 0 Å². The fraction of sp³-hybridized carbons (Fsp3) is 0.500. The second-order valence-corrected chi connectivity index (χ2v) is 11.1. The maximum Gasteiger partial charge on any atom is 0.138 e. The van der Waals surface area contributed by atoms with Crippen molar-refractivity contribution in [2.45, 2.75) is 85.2 Å². The quantitative estimate of drug-likeness (QED) is 0.319. The van der Waals surface area contributed by atoms with E-state index in [1.807, 2.05) is 26.0 Å². The molecule has 0 aliphatic heterocycles. The molecule has 0 spiro atoms. The summed E-state index contributed by atoms with van der Waals surface area (Å²) in [4.78, 5) is 4.74. The van der Waals surface area contributed by atoms with Gasteiger partial charge in [0.1, 0.15) is 11.6 Å². The van der Waals surface area contributed by atoms with Crippen LogP contribution >= 0.6 is 11.6 Å². The Hall–Kier alpha value is -2.30. The Morgan fingerprint density at radius 1 is 1.03 bits per heavy atom. The maximum absolute atomic E-state index is 8.78. The number of rotatable bonds is 8. The van der Waals surface area contributed by atoms with Crippen molar-refractivity contribution in [2.24, 2.45) is 7.05 Å². The molecule has 35 heavy (non-hydrogen) atoms. The van der Waals surface area contributed by atoms with Crippen molar-refractivity contribution in [1.82, 2.24) is 9.55 Å². The molecule has 0 fully saturated rings. The van der Waals surface area contributed by atoms with Gasteiger partial charge >= 0.3 is 0 Å². The molecule has 1 N–H and O–H groups in total. The number of aryl methyl sites for hydroxylation is 2. The van der Waals surface area contributed by atoms with Crippen molar-refractivity contribution in [1.29, 1.82) is 0 Å². The highest BCUT2D eigenvalue weighted by molar-refractivity contribution is 6.32. The molecule has 3 rings (SSSR count). The van der Waals surface area contributed by atoms with Crippen LogP contribution in [0.4, 0.5) is 0 Å². The standard InChI is InChI=1S/C15H23ClO2.C15H20N2/c1-11(2)18-15-8-7-13(10-14(15)16)12(3)6-4-5-9-17;1-11-6-8-12(9-7-11)13-10-17(5)14(16-13)15(2,3)4/h7-8,10-12,17H,4-6,9H2,1-3H3;6-10H,1-5H3. The minimum Gasteiger partial charge on any atom is -0.489 e. The third-order valence-electron chi connectivity index (χ3n) is 5.83. The molecular formula is C30H43ClN2O2. The molecule has 192 valence electrons. The molecule has 1 unspecified atom stereocenters. The third-order valence-corrected chi connectivity index (χ3v) is 6.12. The lowest BCUT2D eigenvalue weighted by Crippen LogP contribution is -2.17. The van der Waals surface area contributed by atoms with Crippen molar-refractivity contribution in [3.8, 4) is 17.0 Å². The lowest BCUT2D eigenvalue weighted by Gasteiger charge is -2.17. The Morgan fingerprint density at radius 3 is 2.20 bits per heavy atom. The van der Waals surface area contributed by atoms with E-state index in [2.05, 4.69) is 82.8 Å². The lowest BCUT2D eigenvalue weighted by molar-refractivity contribution is 0.242. The Labute approximate surface area is 217 Å². The summed E-state index contributed by atoms with van der Waals surface area (Å²) < 4.78 is 7.73. The number of hydrogen-bond donors (Lipinski definition) is 1. The number of benzene rings is 2. The Kier molecular flexibility index (Phi) is 10.9. The third kappa shape index (κ3) is 9.01. The molecule has 1 aromatic heterocycles. The maximum atomic E-state index is 8.78. The summed E-state index contributed by atoms with van der Waals surface area (Å²) in [6, 6.07) is 14.5. The van der Waals surface area contributed by atoms with Gasteiger partial charge in [0, 0.05) is 30.8 Å². The highest BCUT2D eigenvalue weighted by Crippen LogP contribution is 2.31. The van der Waals surface area contributed by atoms with Crippen LogP contribution in [0.25, 0.3) is 11.3 Å². The molecular weight excluding hydrogens is 456 g/mol. The van der Waals surface area contributed by atoms with Gasteiger partial charge in [0.05, 0.1) is 16.8 Å². The van der Waals surface area contributed by atoms with Gasteiger partial charge in [0.15, 0.2) is 0 Å². The summed E-state index contributed by atoms with van der Waals surface area (Å²) in [6.45, 7) is 15.1. The van der Waals surface area contributed by atoms with E-state index < -0.39 is 0 Å². The van der Waals surface area contributed by atoms with Crippen LogP contribution in [0, 0.1) is 6.92 Å². The number of halogens is 1. The van der Waals surface area contributed by atoms with Gasteiger partial charge in [0.25, 0.3) is 0 Å². The molecule has 1 heterocycles. The van der Waals surface area contributed by atoms with Gasteiger partial charge in [-0.15, -0.1) is 0 Å². The average Bonchev–Trinajstić information content (AvgIpc) is 3.18. The first-order chi connectivity index (χ1) is 16.4. The summed E-state index contributed by atoms with van der Waals surface area (Å²) in [6.07, 6.45) is 5.22. The van der Waals surface area contributed by atoms with Crippen LogP contribution in [-0.4, -0.2) is 27.4 Å². The minimum absolute atomic E-state index is 0.0810. The van der Waals surface area contributed by atoms with Gasteiger partial charge in [-0.2, -0.15) is 0 Å². The first-order valence-electron chi connectivity index (χ1n) is 12.6. The number of ether oxygens (including phenoxy) is 1. The van der Waals surface area contributed by atoms with E-state index in [9.17, 15) is 0 Å². The number of aliphatic hydroxyl groups is 1. The molecule has 0 aliphatic rings. The fourth-order valence-electron chi connectivity index (χ4n) is 3.93. The van der Waals surface area contributed by atoms with Crippen LogP contribution < -0.4 is 4.74 Å². The van der Waals surface area contributed by atoms with Crippen molar-refractivity contribution >= 4 is 11.6 Å². The van der Waals surface area contributed by atoms with Gasteiger partial charge in [-0.1, -0.05) is 81.6 Å². The van der Waals surface area contributed by atoms with E-state index in [0.717, 1.165) is 36.5 Å². The number of hydrogen-bond acceptors (Lipinski definition) is 3. The molecule has 1 atom stereocenters. The fourth-order valence-corrected chi connectivity index (χ4v) is 4.16. The van der Waals surface area contributed by atoms with E-state index in [1.54, 1.807) is 0 Å². The normalized spacial score (nSPS) is 12.3. The van der Waals surface area contributed by atoms with E-state index in [0.29, 0.717) is 10.9 Å². The summed E-state index contributed by atoms with van der Waals surface area (Å²) in [5.41, 5.74) is 4.83. The second kappa shape index (κ2) is 13.1. The zero-order valence-electron chi connectivity index (χ0n) is 22.7. The first kappa shape index (κ1) is 28.9. The molecule has 5 heteroatoms. The van der Waals surface area contributed by atoms with Crippen LogP contribution in [0.15, 0.2) is 48.7 Å². The average molecular weight is 499 g/mol. The summed E-state index contributed by atoms with van der Waals surface area (Å²) in [5, 5.41) is 9.45. The molecule has 0 saturated carbocycles. The number of aromatic nitrogens is 2. The van der Waals surface area contributed by atoms with Gasteiger partial charge in [0.2, 0.25) is 0 Å². The van der Waals surface area contributed by atoms with Crippen molar-refractivity contribution in [3.05, 3.63) is 70.6 Å². The monoisotopic (exact) mass is 498 g/mol. The van der Waals surface area contributed by atoms with Gasteiger partial charge in [-0.3, -0.25) is 0 Å². The van der Waals surface area contributed by atoms with Crippen LogP contribution in [-0.2, 0) is 12.5 Å². The Balaban J connectivity index is 0.000000247. The lowest BCUT2D eigenvalue weighted by atomic mass is 9.95. The Bertz CT molecular complexity index is 1050. The molecule has 0 amide bonds. The second-order valence-electron chi connectivity index (χ2n) is 10.7. The predicted molar refractivity (Wildman–Crippen MR) is 149 cm³/mol. The molecule has 3 aromatic rings. The van der Waals surface area contributed by atoms with Crippen LogP contribution in [0.3, 0.4) is 0 Å². The molecule has 0 radical (unpaired) electrons. The molecule has 2 aromatic carbocycles. The van der Waals surface area contributed by atoms with Crippen LogP contribution in [0.2, 0.25) is 5.02 Å². The van der Waals surface area contributed by atoms with Gasteiger partial charge in [-0.25, -0.2) is 4.98 Å². The largest absolute Gasteiger partial charge is 0.489 e. The highest BCUT2D eigenvalue weighted by atomic mass is 35.5. The van der Waals surface area contributed by atoms with Crippen LogP contribution in [0.1, 0.15) is 83.7 Å². The van der Waals surface area contributed by atoms with E-state index in [-0.39, 0.29) is 18.1 Å². The number of nitrogens with zero attached hydrogens (tertiary/aromatic N) is 2. The number of unbranched alkanes of at least 4 members (excludes halogenated alkanes) is 1. The smallest absolute Gasteiger partial charge is 0.138 e. The molecule has 4 nitrogen and oxygen atoms in total. The highest BCUT2D eigenvalue weighted by Gasteiger charge is 2.20. The summed E-state index contributed by atoms with van der Waals surface area (Å²) >= 11 is 6.21. The number of aliphatic hydroxyl groups excluding tert-OH is 1. The molecule has 0 bridgehead atoms. The zero-order valence-corrected chi connectivity index (χ0v) is 23.5. The first-order valence-corrected chi connectivity index (χ1v) is 13.0. The predicted octanol–water partition coefficient (Wildman–Crippen LogP) is 8.09. The Morgan fingerprint density at radius 2 is 1.69 bits per heavy atom. The van der Waals surface area contributed by atoms with E-state index in [1.165, 1.54) is 16.7 Å². The van der Waals surface area contributed by atoms with E-state index >= 15 is 0 Å². The van der Waals surface area contributed by atoms with Gasteiger partial charge < -0.3 is 14.4 Å². The van der Waals surface area contributed by atoms with Crippen LogP contribution in [0.5, 0.6) is 5.75 Å². The minimum atomic E-state index is 0.0810. The molecule has 0 saturated heterocycles. The van der Waals surface area contributed by atoms with Crippen molar-refractivity contribution < 1.29 is 9.84 Å². The van der Waals surface area contributed by atoms with E-state index in [4.69, 9.17) is 26.4 Å². The molecule has 0 aliphatic carbocycles. The summed E-state index contributed by atoms with van der Waals surface area (Å²) in [7, 11) is 2.06. The topological polar surface area (TPSA) is 47.3 Å².